The minimum absolute atomic E-state index is 0.190. The van der Waals surface area contributed by atoms with E-state index in [1.807, 2.05) is 0 Å². The predicted molar refractivity (Wildman–Crippen MR) is 94.8 cm³/mol. The molecule has 2 aromatic rings. The number of esters is 1. The van der Waals surface area contributed by atoms with E-state index in [1.54, 1.807) is 49.4 Å². The molecule has 0 heterocycles. The zero-order chi connectivity index (χ0) is 18.2. The van der Waals surface area contributed by atoms with Crippen molar-refractivity contribution in [2.24, 2.45) is 0 Å². The number of benzene rings is 2. The highest BCUT2D eigenvalue weighted by Crippen LogP contribution is 2.11. The molecule has 0 atom stereocenters. The first-order valence-electron chi connectivity index (χ1n) is 7.60. The largest absolute Gasteiger partial charge is 0.462 e. The van der Waals surface area contributed by atoms with Crippen LogP contribution in [-0.4, -0.2) is 30.9 Å². The van der Waals surface area contributed by atoms with Crippen molar-refractivity contribution >= 4 is 35.1 Å². The topological polar surface area (TPSA) is 84.5 Å². The van der Waals surface area contributed by atoms with Crippen molar-refractivity contribution in [2.45, 2.75) is 6.92 Å². The summed E-state index contributed by atoms with van der Waals surface area (Å²) >= 11 is 5.82. The van der Waals surface area contributed by atoms with Crippen molar-refractivity contribution in [1.82, 2.24) is 5.32 Å². The van der Waals surface area contributed by atoms with E-state index in [0.717, 1.165) is 0 Å². The van der Waals surface area contributed by atoms with Crippen LogP contribution in [-0.2, 0) is 9.53 Å². The maximum atomic E-state index is 11.9. The van der Waals surface area contributed by atoms with Crippen LogP contribution in [0.25, 0.3) is 0 Å². The SMILES string of the molecule is CCOC(=O)c1ccc(NC(=O)CNC(=O)c2cccc(Cl)c2)cc1. The molecule has 0 bridgehead atoms. The number of carbonyl (C=O) groups excluding carboxylic acids is 3. The summed E-state index contributed by atoms with van der Waals surface area (Å²) in [4.78, 5) is 35.4. The third kappa shape index (κ3) is 5.61. The summed E-state index contributed by atoms with van der Waals surface area (Å²) in [6.07, 6.45) is 0. The van der Waals surface area contributed by atoms with Gasteiger partial charge in [-0.05, 0) is 49.4 Å². The van der Waals surface area contributed by atoms with Gasteiger partial charge >= 0.3 is 5.97 Å². The van der Waals surface area contributed by atoms with Crippen molar-refractivity contribution in [3.63, 3.8) is 0 Å². The molecule has 0 aliphatic rings. The zero-order valence-electron chi connectivity index (χ0n) is 13.5. The highest BCUT2D eigenvalue weighted by atomic mass is 35.5. The van der Waals surface area contributed by atoms with Gasteiger partial charge in [0.15, 0.2) is 0 Å². The van der Waals surface area contributed by atoms with Crippen LogP contribution in [0.5, 0.6) is 0 Å². The Morgan fingerprint density at radius 3 is 2.40 bits per heavy atom. The normalized spacial score (nSPS) is 10.0. The molecule has 2 aromatic carbocycles. The Balaban J connectivity index is 1.86. The van der Waals surface area contributed by atoms with E-state index in [4.69, 9.17) is 16.3 Å². The molecule has 2 amide bonds. The number of nitrogens with one attached hydrogen (secondary N) is 2. The van der Waals surface area contributed by atoms with Crippen LogP contribution in [0.3, 0.4) is 0 Å². The molecule has 2 N–H and O–H groups in total. The number of rotatable bonds is 6. The highest BCUT2D eigenvalue weighted by molar-refractivity contribution is 6.31. The Morgan fingerprint density at radius 1 is 1.04 bits per heavy atom. The van der Waals surface area contributed by atoms with E-state index in [-0.39, 0.29) is 12.5 Å². The van der Waals surface area contributed by atoms with E-state index < -0.39 is 11.9 Å². The standard InChI is InChI=1S/C18H17ClN2O4/c1-2-25-18(24)12-6-8-15(9-7-12)21-16(22)11-20-17(23)13-4-3-5-14(19)10-13/h3-10H,2,11H2,1H3,(H,20,23)(H,21,22). The lowest BCUT2D eigenvalue weighted by Crippen LogP contribution is -2.32. The van der Waals surface area contributed by atoms with Gasteiger partial charge in [-0.3, -0.25) is 9.59 Å². The molecule has 7 heteroatoms. The van der Waals surface area contributed by atoms with Crippen LogP contribution < -0.4 is 10.6 Å². The van der Waals surface area contributed by atoms with Crippen LogP contribution in [0.4, 0.5) is 5.69 Å². The smallest absolute Gasteiger partial charge is 0.338 e. The molecule has 0 saturated heterocycles. The van der Waals surface area contributed by atoms with E-state index >= 15 is 0 Å². The fraction of sp³-hybridized carbons (Fsp3) is 0.167. The molecule has 0 spiro atoms. The third-order valence-electron chi connectivity index (χ3n) is 3.18. The van der Waals surface area contributed by atoms with Gasteiger partial charge in [-0.1, -0.05) is 17.7 Å². The second-order valence-corrected chi connectivity index (χ2v) is 5.48. The molecule has 130 valence electrons. The fourth-order valence-electron chi connectivity index (χ4n) is 2.00. The summed E-state index contributed by atoms with van der Waals surface area (Å²) in [6, 6.07) is 12.7. The Morgan fingerprint density at radius 2 is 1.76 bits per heavy atom. The van der Waals surface area contributed by atoms with Crippen molar-refractivity contribution in [1.29, 1.82) is 0 Å². The van der Waals surface area contributed by atoms with Gasteiger partial charge in [-0.15, -0.1) is 0 Å². The quantitative estimate of drug-likeness (QED) is 0.776. The summed E-state index contributed by atoms with van der Waals surface area (Å²) in [5, 5.41) is 5.58. The summed E-state index contributed by atoms with van der Waals surface area (Å²) in [6.45, 7) is 1.83. The molecule has 2 rings (SSSR count). The lowest BCUT2D eigenvalue weighted by Gasteiger charge is -2.08. The Kier molecular flexibility index (Phi) is 6.54. The second kappa shape index (κ2) is 8.84. The molecule has 0 aliphatic heterocycles. The monoisotopic (exact) mass is 360 g/mol. The van der Waals surface area contributed by atoms with E-state index in [1.165, 1.54) is 6.07 Å². The summed E-state index contributed by atoms with van der Waals surface area (Å²) in [7, 11) is 0. The summed E-state index contributed by atoms with van der Waals surface area (Å²) in [5.41, 5.74) is 1.28. The van der Waals surface area contributed by atoms with Gasteiger partial charge in [0, 0.05) is 16.3 Å². The van der Waals surface area contributed by atoms with Crippen molar-refractivity contribution in [2.75, 3.05) is 18.5 Å². The van der Waals surface area contributed by atoms with Crippen LogP contribution in [0.1, 0.15) is 27.6 Å². The van der Waals surface area contributed by atoms with Gasteiger partial charge in [0.2, 0.25) is 5.91 Å². The molecular formula is C18H17ClN2O4. The molecule has 0 saturated carbocycles. The zero-order valence-corrected chi connectivity index (χ0v) is 14.3. The number of anilines is 1. The van der Waals surface area contributed by atoms with Gasteiger partial charge in [-0.25, -0.2) is 4.79 Å². The average molecular weight is 361 g/mol. The minimum Gasteiger partial charge on any atom is -0.462 e. The Hall–Kier alpha value is -2.86. The first-order chi connectivity index (χ1) is 12.0. The minimum atomic E-state index is -0.422. The lowest BCUT2D eigenvalue weighted by molar-refractivity contribution is -0.115. The third-order valence-corrected chi connectivity index (χ3v) is 3.41. The number of ether oxygens (including phenoxy) is 1. The van der Waals surface area contributed by atoms with Crippen LogP contribution in [0.15, 0.2) is 48.5 Å². The van der Waals surface area contributed by atoms with E-state index in [9.17, 15) is 14.4 Å². The number of hydrogen-bond acceptors (Lipinski definition) is 4. The predicted octanol–water partition coefficient (Wildman–Crippen LogP) is 2.89. The molecule has 0 unspecified atom stereocenters. The van der Waals surface area contributed by atoms with E-state index in [2.05, 4.69) is 10.6 Å². The van der Waals surface area contributed by atoms with Crippen LogP contribution >= 0.6 is 11.6 Å². The fourth-order valence-corrected chi connectivity index (χ4v) is 2.19. The van der Waals surface area contributed by atoms with Crippen molar-refractivity contribution < 1.29 is 19.1 Å². The Bertz CT molecular complexity index is 775. The first-order valence-corrected chi connectivity index (χ1v) is 7.98. The van der Waals surface area contributed by atoms with E-state index in [0.29, 0.717) is 28.4 Å². The van der Waals surface area contributed by atoms with Crippen molar-refractivity contribution in [3.05, 3.63) is 64.7 Å². The molecular weight excluding hydrogens is 344 g/mol. The number of halogens is 1. The molecule has 0 radical (unpaired) electrons. The average Bonchev–Trinajstić information content (AvgIpc) is 2.60. The molecule has 6 nitrogen and oxygen atoms in total. The molecule has 0 fully saturated rings. The number of amides is 2. The number of carbonyl (C=O) groups is 3. The second-order valence-electron chi connectivity index (χ2n) is 5.04. The Labute approximate surface area is 150 Å². The highest BCUT2D eigenvalue weighted by Gasteiger charge is 2.10. The van der Waals surface area contributed by atoms with Gasteiger partial charge in [0.25, 0.3) is 5.91 Å². The van der Waals surface area contributed by atoms with Crippen LogP contribution in [0.2, 0.25) is 5.02 Å². The number of hydrogen-bond donors (Lipinski definition) is 2. The van der Waals surface area contributed by atoms with Crippen molar-refractivity contribution in [3.8, 4) is 0 Å². The molecule has 25 heavy (non-hydrogen) atoms. The maximum absolute atomic E-state index is 11.9. The van der Waals surface area contributed by atoms with Gasteiger partial charge in [-0.2, -0.15) is 0 Å². The first kappa shape index (κ1) is 18.5. The van der Waals surface area contributed by atoms with Crippen LogP contribution in [0, 0.1) is 0 Å². The van der Waals surface area contributed by atoms with Gasteiger partial charge in [0.05, 0.1) is 18.7 Å². The summed E-state index contributed by atoms with van der Waals surface area (Å²) in [5.74, 6) is -1.20. The van der Waals surface area contributed by atoms with Gasteiger partial charge < -0.3 is 15.4 Å². The van der Waals surface area contributed by atoms with Gasteiger partial charge in [0.1, 0.15) is 0 Å². The molecule has 0 aromatic heterocycles. The molecule has 0 aliphatic carbocycles. The lowest BCUT2D eigenvalue weighted by atomic mass is 10.2. The maximum Gasteiger partial charge on any atom is 0.338 e. The summed E-state index contributed by atoms with van der Waals surface area (Å²) < 4.78 is 4.88.